The molecule has 112 valence electrons. The molecule has 0 saturated carbocycles. The molecule has 20 heavy (non-hydrogen) atoms. The van der Waals surface area contributed by atoms with Gasteiger partial charge in [0, 0.05) is 0 Å². The van der Waals surface area contributed by atoms with E-state index in [0.29, 0.717) is 0 Å². The standard InChI is InChI=1S/C11H10F4INO3/c1-2-19-9(18)4-6-3-8(20-11(13,14)15)7(5-12)17-10(6)16/h3H,2,4-5H2,1H3. The maximum atomic E-state index is 12.7. The molecule has 1 aromatic heterocycles. The Labute approximate surface area is 125 Å². The number of nitrogens with zero attached hydrogens (tertiary/aromatic N) is 1. The summed E-state index contributed by atoms with van der Waals surface area (Å²) < 4.78 is 57.9. The van der Waals surface area contributed by atoms with Crippen LogP contribution in [0.15, 0.2) is 6.07 Å². The first-order valence-corrected chi connectivity index (χ1v) is 6.50. The Kier molecular flexibility index (Phi) is 5.96. The van der Waals surface area contributed by atoms with Gasteiger partial charge in [-0.15, -0.1) is 13.2 Å². The Morgan fingerprint density at radius 2 is 2.10 bits per heavy atom. The van der Waals surface area contributed by atoms with Gasteiger partial charge in [0.1, 0.15) is 16.1 Å². The van der Waals surface area contributed by atoms with Crippen LogP contribution in [0.4, 0.5) is 17.6 Å². The molecule has 0 amide bonds. The van der Waals surface area contributed by atoms with E-state index in [1.165, 1.54) is 0 Å². The third-order valence-corrected chi connectivity index (χ3v) is 3.01. The molecule has 0 aliphatic heterocycles. The van der Waals surface area contributed by atoms with Crippen LogP contribution in [0, 0.1) is 3.70 Å². The molecule has 1 aromatic rings. The van der Waals surface area contributed by atoms with Crippen molar-refractivity contribution in [2.45, 2.75) is 26.4 Å². The highest BCUT2D eigenvalue weighted by atomic mass is 127. The first-order valence-electron chi connectivity index (χ1n) is 5.42. The number of esters is 1. The number of hydrogen-bond acceptors (Lipinski definition) is 4. The second-order valence-electron chi connectivity index (χ2n) is 3.55. The second-order valence-corrected chi connectivity index (χ2v) is 4.57. The van der Waals surface area contributed by atoms with Gasteiger partial charge in [-0.3, -0.25) is 4.79 Å². The van der Waals surface area contributed by atoms with Gasteiger partial charge in [0.05, 0.1) is 13.0 Å². The molecule has 1 heterocycles. The number of halogens is 5. The van der Waals surface area contributed by atoms with Crippen molar-refractivity contribution in [2.75, 3.05) is 6.61 Å². The van der Waals surface area contributed by atoms with Gasteiger partial charge in [-0.1, -0.05) is 0 Å². The molecule has 0 bridgehead atoms. The molecule has 1 rings (SSSR count). The summed E-state index contributed by atoms with van der Waals surface area (Å²) in [6, 6.07) is 0.952. The Balaban J connectivity index is 3.07. The number of hydrogen-bond donors (Lipinski definition) is 0. The van der Waals surface area contributed by atoms with Gasteiger partial charge in [0.2, 0.25) is 0 Å². The van der Waals surface area contributed by atoms with Gasteiger partial charge in [0.15, 0.2) is 5.75 Å². The van der Waals surface area contributed by atoms with Gasteiger partial charge in [0.25, 0.3) is 0 Å². The monoisotopic (exact) mass is 407 g/mol. The average molecular weight is 407 g/mol. The molecule has 0 spiro atoms. The van der Waals surface area contributed by atoms with Gasteiger partial charge in [-0.2, -0.15) is 0 Å². The number of carbonyl (C=O) groups is 1. The Hall–Kier alpha value is -1.13. The lowest BCUT2D eigenvalue weighted by Gasteiger charge is -2.13. The lowest BCUT2D eigenvalue weighted by atomic mass is 10.2. The van der Waals surface area contributed by atoms with Crippen molar-refractivity contribution in [1.29, 1.82) is 0 Å². The minimum absolute atomic E-state index is 0.150. The SMILES string of the molecule is CCOC(=O)Cc1cc(OC(F)(F)F)c(CF)nc1I. The molecule has 0 aliphatic carbocycles. The molecule has 0 aromatic carbocycles. The zero-order valence-corrected chi connectivity index (χ0v) is 12.4. The van der Waals surface area contributed by atoms with Gasteiger partial charge in [-0.05, 0) is 41.1 Å². The van der Waals surface area contributed by atoms with E-state index in [4.69, 9.17) is 4.74 Å². The highest BCUT2D eigenvalue weighted by molar-refractivity contribution is 14.1. The zero-order chi connectivity index (χ0) is 15.3. The van der Waals surface area contributed by atoms with Crippen LogP contribution in [0.5, 0.6) is 5.75 Å². The summed E-state index contributed by atoms with van der Waals surface area (Å²) in [5, 5.41) is 0. The third-order valence-electron chi connectivity index (χ3n) is 2.08. The molecular weight excluding hydrogens is 397 g/mol. The summed E-state index contributed by atoms with van der Waals surface area (Å²) in [5.74, 6) is -1.36. The van der Waals surface area contributed by atoms with Crippen molar-refractivity contribution in [3.63, 3.8) is 0 Å². The smallest absolute Gasteiger partial charge is 0.466 e. The average Bonchev–Trinajstić information content (AvgIpc) is 2.31. The van der Waals surface area contributed by atoms with Crippen LogP contribution in [0.25, 0.3) is 0 Å². The summed E-state index contributed by atoms with van der Waals surface area (Å²) in [5.41, 5.74) is -0.292. The van der Waals surface area contributed by atoms with Crippen LogP contribution < -0.4 is 4.74 Å². The summed E-state index contributed by atoms with van der Waals surface area (Å²) >= 11 is 1.70. The molecule has 0 aliphatic rings. The maximum absolute atomic E-state index is 12.7. The Bertz CT molecular complexity index is 493. The van der Waals surface area contributed by atoms with E-state index in [2.05, 4.69) is 9.72 Å². The van der Waals surface area contributed by atoms with Gasteiger partial charge in [-0.25, -0.2) is 9.37 Å². The third kappa shape index (κ3) is 5.10. The molecule has 0 saturated heterocycles. The van der Waals surface area contributed by atoms with E-state index in [9.17, 15) is 22.4 Å². The van der Waals surface area contributed by atoms with Crippen molar-refractivity contribution in [3.05, 3.63) is 21.0 Å². The summed E-state index contributed by atoms with van der Waals surface area (Å²) in [4.78, 5) is 15.0. The molecule has 9 heteroatoms. The van der Waals surface area contributed by atoms with E-state index in [0.717, 1.165) is 6.07 Å². The fourth-order valence-corrected chi connectivity index (χ4v) is 1.98. The normalized spacial score (nSPS) is 11.3. The van der Waals surface area contributed by atoms with E-state index >= 15 is 0 Å². The van der Waals surface area contributed by atoms with Gasteiger partial charge >= 0.3 is 12.3 Å². The molecule has 0 atom stereocenters. The number of aromatic nitrogens is 1. The predicted octanol–water partition coefficient (Wildman–Crippen LogP) is 3.16. The minimum Gasteiger partial charge on any atom is -0.466 e. The Morgan fingerprint density at radius 3 is 2.60 bits per heavy atom. The van der Waals surface area contributed by atoms with E-state index in [-0.39, 0.29) is 22.3 Å². The van der Waals surface area contributed by atoms with Crippen LogP contribution in [-0.2, 0) is 22.6 Å². The largest absolute Gasteiger partial charge is 0.573 e. The quantitative estimate of drug-likeness (QED) is 0.326. The molecular formula is C11H10F4INO3. The van der Waals surface area contributed by atoms with E-state index < -0.39 is 30.4 Å². The predicted molar refractivity (Wildman–Crippen MR) is 68.8 cm³/mol. The second kappa shape index (κ2) is 7.04. The Morgan fingerprint density at radius 1 is 1.45 bits per heavy atom. The number of rotatable bonds is 5. The number of ether oxygens (including phenoxy) is 2. The molecule has 0 fully saturated rings. The first-order chi connectivity index (χ1) is 9.26. The highest BCUT2D eigenvalue weighted by Gasteiger charge is 2.33. The molecule has 0 radical (unpaired) electrons. The maximum Gasteiger partial charge on any atom is 0.573 e. The van der Waals surface area contributed by atoms with Crippen molar-refractivity contribution in [3.8, 4) is 5.75 Å². The minimum atomic E-state index is -4.96. The molecule has 4 nitrogen and oxygen atoms in total. The van der Waals surface area contributed by atoms with Crippen LogP contribution in [-0.4, -0.2) is 23.9 Å². The fourth-order valence-electron chi connectivity index (χ4n) is 1.35. The van der Waals surface area contributed by atoms with Crippen LogP contribution in [0.1, 0.15) is 18.2 Å². The summed E-state index contributed by atoms with van der Waals surface area (Å²) in [7, 11) is 0. The zero-order valence-electron chi connectivity index (χ0n) is 10.3. The van der Waals surface area contributed by atoms with E-state index in [1.807, 2.05) is 0 Å². The van der Waals surface area contributed by atoms with Crippen molar-refractivity contribution in [1.82, 2.24) is 4.98 Å². The van der Waals surface area contributed by atoms with Gasteiger partial charge < -0.3 is 9.47 Å². The molecule has 0 unspecified atom stereocenters. The number of alkyl halides is 4. The first kappa shape index (κ1) is 16.9. The number of carbonyl (C=O) groups excluding carboxylic acids is 1. The summed E-state index contributed by atoms with van der Waals surface area (Å²) in [6.45, 7) is 0.546. The topological polar surface area (TPSA) is 48.4 Å². The fraction of sp³-hybridized carbons (Fsp3) is 0.455. The number of pyridine rings is 1. The van der Waals surface area contributed by atoms with Crippen molar-refractivity contribution < 1.29 is 31.8 Å². The lowest BCUT2D eigenvalue weighted by molar-refractivity contribution is -0.275. The van der Waals surface area contributed by atoms with Crippen molar-refractivity contribution in [2.24, 2.45) is 0 Å². The summed E-state index contributed by atoms with van der Waals surface area (Å²) in [6.07, 6.45) is -5.22. The lowest BCUT2D eigenvalue weighted by Crippen LogP contribution is -2.19. The van der Waals surface area contributed by atoms with Crippen molar-refractivity contribution >= 4 is 28.6 Å². The molecule has 0 N–H and O–H groups in total. The van der Waals surface area contributed by atoms with Crippen LogP contribution in [0.2, 0.25) is 0 Å². The highest BCUT2D eigenvalue weighted by Crippen LogP contribution is 2.29. The van der Waals surface area contributed by atoms with E-state index in [1.54, 1.807) is 29.5 Å². The van der Waals surface area contributed by atoms with Crippen LogP contribution >= 0.6 is 22.6 Å². The van der Waals surface area contributed by atoms with Crippen LogP contribution in [0.3, 0.4) is 0 Å².